The highest BCUT2D eigenvalue weighted by Gasteiger charge is 2.15. The summed E-state index contributed by atoms with van der Waals surface area (Å²) in [6.45, 7) is 8.66. The van der Waals surface area contributed by atoms with E-state index in [0.29, 0.717) is 5.92 Å². The van der Waals surface area contributed by atoms with E-state index in [2.05, 4.69) is 60.2 Å². The van der Waals surface area contributed by atoms with Gasteiger partial charge in [-0.3, -0.25) is 4.40 Å². The summed E-state index contributed by atoms with van der Waals surface area (Å²) in [5, 5.41) is 9.03. The molecule has 1 saturated heterocycles. The van der Waals surface area contributed by atoms with Crippen molar-refractivity contribution in [3.05, 3.63) is 53.9 Å². The number of fused-ring (bicyclic) bond motifs is 1. The Morgan fingerprint density at radius 2 is 1.73 bits per heavy atom. The number of pyridine rings is 1. The van der Waals surface area contributed by atoms with Crippen LogP contribution in [0.15, 0.2) is 52.8 Å². The number of nitrogens with zero attached hydrogens (tertiary/aromatic N) is 5. The average molecular weight is 347 g/mol. The van der Waals surface area contributed by atoms with Gasteiger partial charge in [0, 0.05) is 25.0 Å². The number of rotatable bonds is 4. The second kappa shape index (κ2) is 6.90. The molecular weight excluding hydrogens is 322 g/mol. The molecule has 4 rings (SSSR count). The highest BCUT2D eigenvalue weighted by atomic mass is 15.2. The number of anilines is 1. The minimum atomic E-state index is 0.293. The van der Waals surface area contributed by atoms with Crippen molar-refractivity contribution in [2.24, 2.45) is 10.2 Å². The van der Waals surface area contributed by atoms with Crippen LogP contribution in [0.3, 0.4) is 0 Å². The minimum absolute atomic E-state index is 0.293. The predicted octanol–water partition coefficient (Wildman–Crippen LogP) is 5.78. The number of hydrogen-bond acceptors (Lipinski definition) is 4. The van der Waals surface area contributed by atoms with E-state index in [4.69, 9.17) is 4.98 Å². The summed E-state index contributed by atoms with van der Waals surface area (Å²) in [5.74, 6) is 1.11. The monoisotopic (exact) mass is 347 g/mol. The van der Waals surface area contributed by atoms with Crippen molar-refractivity contribution in [1.29, 1.82) is 0 Å². The van der Waals surface area contributed by atoms with Gasteiger partial charge in [0.25, 0.3) is 0 Å². The third-order valence-corrected chi connectivity index (χ3v) is 4.91. The first-order valence-electron chi connectivity index (χ1n) is 9.37. The highest BCUT2D eigenvalue weighted by Crippen LogP contribution is 2.30. The molecule has 0 aliphatic carbocycles. The molecule has 2 aromatic heterocycles. The van der Waals surface area contributed by atoms with Crippen LogP contribution in [-0.4, -0.2) is 22.5 Å². The van der Waals surface area contributed by atoms with Crippen LogP contribution in [0.5, 0.6) is 0 Å². The smallest absolute Gasteiger partial charge is 0.183 e. The van der Waals surface area contributed by atoms with Crippen LogP contribution in [-0.2, 0) is 0 Å². The molecule has 26 heavy (non-hydrogen) atoms. The van der Waals surface area contributed by atoms with Gasteiger partial charge in [0.05, 0.1) is 11.4 Å². The normalized spacial score (nSPS) is 15.0. The third kappa shape index (κ3) is 3.21. The Balaban J connectivity index is 1.64. The molecular formula is C21H25N5. The van der Waals surface area contributed by atoms with E-state index >= 15 is 0 Å². The Morgan fingerprint density at radius 1 is 1.00 bits per heavy atom. The fourth-order valence-corrected chi connectivity index (χ4v) is 3.45. The maximum atomic E-state index is 4.75. The van der Waals surface area contributed by atoms with Gasteiger partial charge in [0.2, 0.25) is 0 Å². The van der Waals surface area contributed by atoms with Crippen molar-refractivity contribution >= 4 is 22.8 Å². The van der Waals surface area contributed by atoms with Gasteiger partial charge < -0.3 is 4.90 Å². The standard InChI is InChI=1S/C21H25N5/c1-15(2)20-21(26-13-10-16(3)14-19(26)22-20)24-23-17-6-8-18(9-7-17)25-11-4-5-12-25/h6-10,13-15H,4-5,11-12H2,1-3H3. The zero-order valence-corrected chi connectivity index (χ0v) is 15.7. The largest absolute Gasteiger partial charge is 0.372 e. The third-order valence-electron chi connectivity index (χ3n) is 4.91. The van der Waals surface area contributed by atoms with Crippen LogP contribution >= 0.6 is 0 Å². The maximum absolute atomic E-state index is 4.75. The van der Waals surface area contributed by atoms with Gasteiger partial charge in [-0.2, -0.15) is 0 Å². The zero-order valence-electron chi connectivity index (χ0n) is 15.7. The molecule has 1 aliphatic heterocycles. The lowest BCUT2D eigenvalue weighted by atomic mass is 10.1. The molecule has 5 nitrogen and oxygen atoms in total. The molecule has 0 bridgehead atoms. The number of aryl methyl sites for hydroxylation is 1. The van der Waals surface area contributed by atoms with E-state index in [9.17, 15) is 0 Å². The van der Waals surface area contributed by atoms with Crippen LogP contribution in [0.2, 0.25) is 0 Å². The van der Waals surface area contributed by atoms with Crippen molar-refractivity contribution in [3.63, 3.8) is 0 Å². The molecule has 0 spiro atoms. The van der Waals surface area contributed by atoms with Crippen molar-refractivity contribution in [3.8, 4) is 0 Å². The zero-order chi connectivity index (χ0) is 18.1. The molecule has 0 atom stereocenters. The Labute approximate surface area is 154 Å². The van der Waals surface area contributed by atoms with Gasteiger partial charge >= 0.3 is 0 Å². The molecule has 3 heterocycles. The number of hydrogen-bond donors (Lipinski definition) is 0. The maximum Gasteiger partial charge on any atom is 0.183 e. The summed E-state index contributed by atoms with van der Waals surface area (Å²) < 4.78 is 2.02. The molecule has 1 aliphatic rings. The predicted molar refractivity (Wildman–Crippen MR) is 106 cm³/mol. The molecule has 1 aromatic carbocycles. The van der Waals surface area contributed by atoms with Gasteiger partial charge in [-0.05, 0) is 67.6 Å². The van der Waals surface area contributed by atoms with Gasteiger partial charge in [0.15, 0.2) is 5.82 Å². The van der Waals surface area contributed by atoms with Crippen LogP contribution in [0.4, 0.5) is 17.2 Å². The van der Waals surface area contributed by atoms with E-state index < -0.39 is 0 Å². The average Bonchev–Trinajstić information content (AvgIpc) is 3.28. The van der Waals surface area contributed by atoms with Crippen LogP contribution in [0.1, 0.15) is 43.9 Å². The van der Waals surface area contributed by atoms with E-state index in [1.54, 1.807) is 0 Å². The second-order valence-corrected chi connectivity index (χ2v) is 7.32. The SMILES string of the molecule is Cc1ccn2c(N=Nc3ccc(N4CCCC4)cc3)c(C(C)C)nc2c1. The number of aromatic nitrogens is 2. The molecule has 3 aromatic rings. The van der Waals surface area contributed by atoms with E-state index in [-0.39, 0.29) is 0 Å². The first-order valence-corrected chi connectivity index (χ1v) is 9.37. The van der Waals surface area contributed by atoms with Crippen molar-refractivity contribution in [2.75, 3.05) is 18.0 Å². The van der Waals surface area contributed by atoms with Crippen LogP contribution in [0, 0.1) is 6.92 Å². The van der Waals surface area contributed by atoms with Crippen LogP contribution in [0.25, 0.3) is 5.65 Å². The first-order chi connectivity index (χ1) is 12.6. The minimum Gasteiger partial charge on any atom is -0.372 e. The second-order valence-electron chi connectivity index (χ2n) is 7.32. The van der Waals surface area contributed by atoms with E-state index in [1.165, 1.54) is 24.1 Å². The topological polar surface area (TPSA) is 45.3 Å². The molecule has 0 radical (unpaired) electrons. The van der Waals surface area contributed by atoms with E-state index in [1.807, 2.05) is 22.7 Å². The van der Waals surface area contributed by atoms with Gasteiger partial charge in [-0.25, -0.2) is 4.98 Å². The Bertz CT molecular complexity index is 931. The fourth-order valence-electron chi connectivity index (χ4n) is 3.45. The molecule has 5 heteroatoms. The Morgan fingerprint density at radius 3 is 2.42 bits per heavy atom. The Hall–Kier alpha value is -2.69. The lowest BCUT2D eigenvalue weighted by Crippen LogP contribution is -2.17. The van der Waals surface area contributed by atoms with Crippen molar-refractivity contribution in [1.82, 2.24) is 9.38 Å². The quantitative estimate of drug-likeness (QED) is 0.561. The van der Waals surface area contributed by atoms with Crippen LogP contribution < -0.4 is 4.90 Å². The van der Waals surface area contributed by atoms with E-state index in [0.717, 1.165) is 35.9 Å². The van der Waals surface area contributed by atoms with Gasteiger partial charge in [-0.15, -0.1) is 10.2 Å². The fraction of sp³-hybridized carbons (Fsp3) is 0.381. The number of benzene rings is 1. The summed E-state index contributed by atoms with van der Waals surface area (Å²) in [4.78, 5) is 7.18. The van der Waals surface area contributed by atoms with Crippen molar-refractivity contribution in [2.45, 2.75) is 39.5 Å². The Kier molecular flexibility index (Phi) is 4.45. The molecule has 0 unspecified atom stereocenters. The lowest BCUT2D eigenvalue weighted by molar-refractivity contribution is 0.831. The molecule has 1 fully saturated rings. The molecule has 134 valence electrons. The summed E-state index contributed by atoms with van der Waals surface area (Å²) in [7, 11) is 0. The molecule has 0 N–H and O–H groups in total. The highest BCUT2D eigenvalue weighted by molar-refractivity contribution is 5.56. The summed E-state index contributed by atoms with van der Waals surface area (Å²) in [5.41, 5.74) is 5.23. The van der Waals surface area contributed by atoms with Gasteiger partial charge in [-0.1, -0.05) is 13.8 Å². The molecule has 0 amide bonds. The first kappa shape index (κ1) is 16.8. The summed E-state index contributed by atoms with van der Waals surface area (Å²) in [6, 6.07) is 12.5. The van der Waals surface area contributed by atoms with Gasteiger partial charge in [0.1, 0.15) is 5.65 Å². The summed E-state index contributed by atoms with van der Waals surface area (Å²) in [6.07, 6.45) is 4.59. The molecule has 0 saturated carbocycles. The lowest BCUT2D eigenvalue weighted by Gasteiger charge is -2.17. The van der Waals surface area contributed by atoms with Crippen molar-refractivity contribution < 1.29 is 0 Å². The number of imidazole rings is 1. The summed E-state index contributed by atoms with van der Waals surface area (Å²) >= 11 is 0. The number of azo groups is 1.